The van der Waals surface area contributed by atoms with Crippen LogP contribution in [0.4, 0.5) is 5.69 Å². The van der Waals surface area contributed by atoms with E-state index in [1.54, 1.807) is 11.1 Å². The molecular formula is C43H52Cl2NORu-. The number of aryl methyl sites for hydroxylation is 1. The van der Waals surface area contributed by atoms with Crippen molar-refractivity contribution in [2.24, 2.45) is 0 Å². The Bertz CT molecular complexity index is 1700. The Hall–Kier alpha value is -2.45. The number of hydrogen-bond acceptors (Lipinski definition) is 2. The maximum atomic E-state index is 6.09. The molecule has 48 heavy (non-hydrogen) atoms. The fraction of sp³-hybridized carbons (Fsp3) is 0.395. The number of halogens is 2. The summed E-state index contributed by atoms with van der Waals surface area (Å²) in [4.78, 5) is 2.65. The van der Waals surface area contributed by atoms with E-state index >= 15 is 0 Å². The Labute approximate surface area is 303 Å². The van der Waals surface area contributed by atoms with Gasteiger partial charge in [-0.2, -0.15) is 0 Å². The quantitative estimate of drug-likeness (QED) is 0.131. The van der Waals surface area contributed by atoms with Gasteiger partial charge in [0.1, 0.15) is 0 Å². The van der Waals surface area contributed by atoms with Crippen LogP contribution < -0.4 is 9.64 Å². The summed E-state index contributed by atoms with van der Waals surface area (Å²) in [6.07, 6.45) is 3.65. The van der Waals surface area contributed by atoms with Crippen LogP contribution in [0.3, 0.4) is 0 Å². The molecule has 258 valence electrons. The van der Waals surface area contributed by atoms with Gasteiger partial charge in [-0.05, 0) is 55.2 Å². The van der Waals surface area contributed by atoms with E-state index in [1.165, 1.54) is 41.6 Å². The van der Waals surface area contributed by atoms with Crippen LogP contribution in [0.25, 0.3) is 0 Å². The third-order valence-electron chi connectivity index (χ3n) is 9.87. The SMILES string of the molecule is CC(C)c1cccc(C(C)C)c1N1[CH-][C@]2(CCc3ccccc32)CC1(C)C.CC(C)c1cccc([CH]=[Ru]([Cl])[Cl])c1OCc1ccccc1. The van der Waals surface area contributed by atoms with Crippen LogP contribution in [0.2, 0.25) is 0 Å². The number of rotatable bonds is 8. The molecule has 1 saturated heterocycles. The van der Waals surface area contributed by atoms with Crippen molar-refractivity contribution in [3.63, 3.8) is 0 Å². The normalized spacial score (nSPS) is 18.3. The summed E-state index contributed by atoms with van der Waals surface area (Å²) < 4.78 is 8.04. The molecular weight excluding hydrogens is 718 g/mol. The van der Waals surface area contributed by atoms with Crippen molar-refractivity contribution < 1.29 is 18.3 Å². The monoisotopic (exact) mass is 770 g/mol. The zero-order chi connectivity index (χ0) is 34.6. The second kappa shape index (κ2) is 15.6. The van der Waals surface area contributed by atoms with Gasteiger partial charge in [0.25, 0.3) is 0 Å². The molecule has 2 aliphatic rings. The number of hydrogen-bond donors (Lipinski definition) is 0. The predicted molar refractivity (Wildman–Crippen MR) is 205 cm³/mol. The topological polar surface area (TPSA) is 12.5 Å². The van der Waals surface area contributed by atoms with Crippen molar-refractivity contribution >= 4 is 29.7 Å². The maximum absolute atomic E-state index is 6.09. The van der Waals surface area contributed by atoms with E-state index in [1.807, 2.05) is 34.9 Å². The molecule has 0 unspecified atom stereocenters. The Morgan fingerprint density at radius 2 is 1.35 bits per heavy atom. The fourth-order valence-corrected chi connectivity index (χ4v) is 9.39. The van der Waals surface area contributed by atoms with Gasteiger partial charge < -0.3 is 4.90 Å². The van der Waals surface area contributed by atoms with Gasteiger partial charge in [-0.1, -0.05) is 82.1 Å². The van der Waals surface area contributed by atoms with E-state index in [4.69, 9.17) is 24.1 Å². The molecule has 1 atom stereocenters. The third-order valence-corrected chi connectivity index (χ3v) is 11.7. The van der Waals surface area contributed by atoms with Crippen LogP contribution in [-0.4, -0.2) is 10.1 Å². The number of para-hydroxylation sites is 2. The second-order valence-corrected chi connectivity index (χ2v) is 20.6. The van der Waals surface area contributed by atoms with Gasteiger partial charge in [0.15, 0.2) is 0 Å². The number of anilines is 1. The zero-order valence-electron chi connectivity index (χ0n) is 29.8. The van der Waals surface area contributed by atoms with Crippen LogP contribution in [-0.2, 0) is 32.0 Å². The van der Waals surface area contributed by atoms with E-state index in [0.29, 0.717) is 24.4 Å². The average molecular weight is 771 g/mol. The number of nitrogens with zero attached hydrogens (tertiary/aromatic N) is 1. The van der Waals surface area contributed by atoms with Gasteiger partial charge >= 0.3 is 140 Å². The van der Waals surface area contributed by atoms with Crippen LogP contribution >= 0.6 is 19.4 Å². The Balaban J connectivity index is 0.000000194. The summed E-state index contributed by atoms with van der Waals surface area (Å²) in [6.45, 7) is 21.6. The van der Waals surface area contributed by atoms with Crippen molar-refractivity contribution in [2.45, 2.75) is 110 Å². The van der Waals surface area contributed by atoms with Crippen LogP contribution in [0.1, 0.15) is 125 Å². The molecule has 0 N–H and O–H groups in total. The summed E-state index contributed by atoms with van der Waals surface area (Å²) in [5, 5.41) is 0. The van der Waals surface area contributed by atoms with Gasteiger partial charge in [-0.3, -0.25) is 0 Å². The van der Waals surface area contributed by atoms with Crippen LogP contribution in [0.15, 0.2) is 91.0 Å². The fourth-order valence-electron chi connectivity index (χ4n) is 7.60. The molecule has 4 aromatic carbocycles. The standard InChI is InChI=1S/C26H34N.C17H18O.2ClH.Ru/c1-18(2)21-11-9-12-22(19(3)4)24(21)27-17-26(16-25(27,5)6)15-14-20-10-7-8-13-23(20)26;1-13(2)16-11-7-8-14(3)17(16)18-12-15-9-5-4-6-10-15;;;/h7-13,17-19H,14-16H2,1-6H3;3-11,13H,12H2,1-2H3;2*1H;/q-1;;;;+2/p-2/t26-;;;;/m0..../s1. The number of ether oxygens (including phenoxy) is 1. The molecule has 1 heterocycles. The van der Waals surface area contributed by atoms with Crippen molar-refractivity contribution in [3.05, 3.63) is 136 Å². The average Bonchev–Trinajstić information content (AvgIpc) is 3.54. The summed E-state index contributed by atoms with van der Waals surface area (Å²) >= 11 is -1.88. The van der Waals surface area contributed by atoms with Gasteiger partial charge in [-0.15, -0.1) is 5.41 Å². The summed E-state index contributed by atoms with van der Waals surface area (Å²) in [5.41, 5.74) is 11.2. The first-order chi connectivity index (χ1) is 22.8. The first-order valence-corrected chi connectivity index (χ1v) is 22.8. The van der Waals surface area contributed by atoms with Crippen molar-refractivity contribution in [2.75, 3.05) is 4.90 Å². The molecule has 2 nitrogen and oxygen atoms in total. The first kappa shape index (κ1) is 36.8. The van der Waals surface area contributed by atoms with Gasteiger partial charge in [0, 0.05) is 11.2 Å². The van der Waals surface area contributed by atoms with Crippen LogP contribution in [0, 0.1) is 6.54 Å². The predicted octanol–water partition coefficient (Wildman–Crippen LogP) is 12.4. The molecule has 0 bridgehead atoms. The minimum absolute atomic E-state index is 0.117. The zero-order valence-corrected chi connectivity index (χ0v) is 33.1. The van der Waals surface area contributed by atoms with E-state index in [2.05, 4.69) is 127 Å². The molecule has 1 aliphatic carbocycles. The molecule has 5 heteroatoms. The van der Waals surface area contributed by atoms with Gasteiger partial charge in [-0.25, -0.2) is 6.54 Å². The third kappa shape index (κ3) is 8.12. The van der Waals surface area contributed by atoms with E-state index < -0.39 is 13.5 Å². The van der Waals surface area contributed by atoms with Crippen molar-refractivity contribution in [3.8, 4) is 5.75 Å². The Morgan fingerprint density at radius 3 is 1.98 bits per heavy atom. The summed E-state index contributed by atoms with van der Waals surface area (Å²) in [7, 11) is 12.1. The van der Waals surface area contributed by atoms with E-state index in [-0.39, 0.29) is 11.0 Å². The molecule has 6 rings (SSSR count). The molecule has 4 aromatic rings. The molecule has 0 saturated carbocycles. The van der Waals surface area contributed by atoms with Gasteiger partial charge in [0.05, 0.1) is 0 Å². The molecule has 1 aliphatic heterocycles. The van der Waals surface area contributed by atoms with Crippen LogP contribution in [0.5, 0.6) is 5.75 Å². The molecule has 1 spiro atoms. The molecule has 1 fully saturated rings. The van der Waals surface area contributed by atoms with Gasteiger partial charge in [0.2, 0.25) is 0 Å². The van der Waals surface area contributed by atoms with E-state index in [9.17, 15) is 0 Å². The van der Waals surface area contributed by atoms with Crippen molar-refractivity contribution in [1.29, 1.82) is 0 Å². The Kier molecular flexibility index (Phi) is 12.0. The molecule has 0 aromatic heterocycles. The summed E-state index contributed by atoms with van der Waals surface area (Å²) in [6, 6.07) is 32.3. The number of benzene rings is 4. The van der Waals surface area contributed by atoms with E-state index in [0.717, 1.165) is 16.9 Å². The van der Waals surface area contributed by atoms with Crippen molar-refractivity contribution in [1.82, 2.24) is 0 Å². The Morgan fingerprint density at radius 1 is 0.771 bits per heavy atom. The minimum atomic E-state index is -1.88. The summed E-state index contributed by atoms with van der Waals surface area (Å²) in [5.74, 6) is 2.33. The first-order valence-electron chi connectivity index (χ1n) is 17.3. The molecule has 0 radical (unpaired) electrons. The number of fused-ring (bicyclic) bond motifs is 2. The molecule has 0 amide bonds. The second-order valence-electron chi connectivity index (χ2n) is 14.9.